The molecule has 1 heterocycles. The van der Waals surface area contributed by atoms with Gasteiger partial charge in [-0.2, -0.15) is 26.3 Å². The number of anilines is 1. The van der Waals surface area contributed by atoms with E-state index in [0.717, 1.165) is 18.2 Å². The molecule has 0 fully saturated rings. The summed E-state index contributed by atoms with van der Waals surface area (Å²) >= 11 is 0. The lowest BCUT2D eigenvalue weighted by atomic mass is 9.94. The number of pyridine rings is 1. The number of nitrogen functional groups attached to an aromatic ring is 1. The average molecular weight is 400 g/mol. The minimum Gasteiger partial charge on any atom is -0.496 e. The summed E-state index contributed by atoms with van der Waals surface area (Å²) in [6, 6.07) is 6.42. The molecule has 3 rings (SSSR count). The van der Waals surface area contributed by atoms with Crippen LogP contribution in [0.25, 0.3) is 22.0 Å². The number of nitrogens with two attached hydrogens (primary N) is 1. The number of methoxy groups -OCH3 is 1. The van der Waals surface area contributed by atoms with E-state index in [0.29, 0.717) is 11.1 Å². The molecule has 3 nitrogen and oxygen atoms in total. The zero-order valence-electron chi connectivity index (χ0n) is 14.7. The van der Waals surface area contributed by atoms with E-state index in [1.165, 1.54) is 32.2 Å². The summed E-state index contributed by atoms with van der Waals surface area (Å²) < 4.78 is 83.1. The second-order valence-electron chi connectivity index (χ2n) is 6.16. The molecular formula is C19H14F6N2O. The van der Waals surface area contributed by atoms with Crippen molar-refractivity contribution in [1.82, 2.24) is 4.98 Å². The van der Waals surface area contributed by atoms with Gasteiger partial charge in [-0.1, -0.05) is 12.1 Å². The molecule has 148 valence electrons. The molecule has 0 aliphatic heterocycles. The van der Waals surface area contributed by atoms with Gasteiger partial charge in [-0.3, -0.25) is 0 Å². The highest BCUT2D eigenvalue weighted by molar-refractivity contribution is 6.05. The van der Waals surface area contributed by atoms with Gasteiger partial charge >= 0.3 is 12.4 Å². The predicted octanol–water partition coefficient (Wildman–Crippen LogP) is 5.84. The van der Waals surface area contributed by atoms with Crippen molar-refractivity contribution >= 4 is 16.6 Å². The maximum Gasteiger partial charge on any atom is 0.433 e. The third kappa shape index (κ3) is 3.44. The highest BCUT2D eigenvalue weighted by atomic mass is 19.4. The first kappa shape index (κ1) is 19.8. The van der Waals surface area contributed by atoms with Gasteiger partial charge in [-0.15, -0.1) is 0 Å². The summed E-state index contributed by atoms with van der Waals surface area (Å²) in [7, 11) is 1.33. The molecular weight excluding hydrogens is 386 g/mol. The van der Waals surface area contributed by atoms with Crippen LogP contribution in [0.4, 0.5) is 32.0 Å². The van der Waals surface area contributed by atoms with Gasteiger partial charge in [0.15, 0.2) is 0 Å². The van der Waals surface area contributed by atoms with E-state index < -0.39 is 23.6 Å². The number of benzene rings is 2. The molecule has 0 aliphatic carbocycles. The number of hydrogen-bond acceptors (Lipinski definition) is 3. The zero-order valence-corrected chi connectivity index (χ0v) is 14.7. The Bertz CT molecular complexity index is 1040. The normalized spacial score (nSPS) is 12.4. The van der Waals surface area contributed by atoms with E-state index in [9.17, 15) is 26.3 Å². The maximum atomic E-state index is 13.1. The molecule has 1 aromatic heterocycles. The van der Waals surface area contributed by atoms with E-state index in [1.807, 2.05) is 0 Å². The van der Waals surface area contributed by atoms with E-state index in [4.69, 9.17) is 10.5 Å². The Morgan fingerprint density at radius 3 is 2.04 bits per heavy atom. The van der Waals surface area contributed by atoms with Gasteiger partial charge in [0.1, 0.15) is 11.4 Å². The van der Waals surface area contributed by atoms with Crippen molar-refractivity contribution < 1.29 is 31.1 Å². The fourth-order valence-corrected chi connectivity index (χ4v) is 3.02. The summed E-state index contributed by atoms with van der Waals surface area (Å²) in [6.07, 6.45) is -9.18. The van der Waals surface area contributed by atoms with E-state index in [-0.39, 0.29) is 27.9 Å². The molecule has 0 radical (unpaired) electrons. The van der Waals surface area contributed by atoms with Gasteiger partial charge in [-0.05, 0) is 36.2 Å². The van der Waals surface area contributed by atoms with Crippen molar-refractivity contribution in [1.29, 1.82) is 0 Å². The molecule has 0 unspecified atom stereocenters. The third-order valence-electron chi connectivity index (χ3n) is 4.28. The SMILES string of the molecule is COc1cc(N)c2nc(C(F)(F)F)cc(C)c2c1-c1ccc(C(F)(F)F)cc1. The molecule has 3 aromatic rings. The number of aryl methyl sites for hydroxylation is 1. The number of ether oxygens (including phenoxy) is 1. The van der Waals surface area contributed by atoms with Crippen LogP contribution in [0.3, 0.4) is 0 Å². The van der Waals surface area contributed by atoms with Crippen molar-refractivity contribution in [2.75, 3.05) is 12.8 Å². The summed E-state index contributed by atoms with van der Waals surface area (Å²) in [5, 5.41) is 0.282. The Kier molecular flexibility index (Phi) is 4.64. The van der Waals surface area contributed by atoms with Crippen molar-refractivity contribution in [3.8, 4) is 16.9 Å². The molecule has 0 spiro atoms. The first-order valence-corrected chi connectivity index (χ1v) is 7.96. The topological polar surface area (TPSA) is 48.1 Å². The first-order valence-electron chi connectivity index (χ1n) is 7.96. The van der Waals surface area contributed by atoms with Crippen molar-refractivity contribution in [3.63, 3.8) is 0 Å². The second kappa shape index (κ2) is 6.57. The number of halogens is 6. The number of nitrogens with zero attached hydrogens (tertiary/aromatic N) is 1. The Labute approximate surface area is 155 Å². The lowest BCUT2D eigenvalue weighted by Crippen LogP contribution is -2.10. The Balaban J connectivity index is 2.34. The quantitative estimate of drug-likeness (QED) is 0.434. The number of alkyl halides is 6. The molecule has 2 aromatic carbocycles. The van der Waals surface area contributed by atoms with E-state index >= 15 is 0 Å². The summed E-state index contributed by atoms with van der Waals surface area (Å²) in [5.41, 5.74) is 4.68. The largest absolute Gasteiger partial charge is 0.496 e. The molecule has 0 aliphatic rings. The number of hydrogen-bond donors (Lipinski definition) is 1. The van der Waals surface area contributed by atoms with Gasteiger partial charge < -0.3 is 10.5 Å². The van der Waals surface area contributed by atoms with Gasteiger partial charge in [0, 0.05) is 17.0 Å². The van der Waals surface area contributed by atoms with E-state index in [1.54, 1.807) is 0 Å². The lowest BCUT2D eigenvalue weighted by Gasteiger charge is -2.18. The second-order valence-corrected chi connectivity index (χ2v) is 6.16. The number of rotatable bonds is 2. The molecule has 0 saturated carbocycles. The molecule has 2 N–H and O–H groups in total. The van der Waals surface area contributed by atoms with Gasteiger partial charge in [0.2, 0.25) is 0 Å². The highest BCUT2D eigenvalue weighted by Gasteiger charge is 2.34. The fraction of sp³-hybridized carbons (Fsp3) is 0.211. The molecule has 0 bridgehead atoms. The highest BCUT2D eigenvalue weighted by Crippen LogP contribution is 2.43. The van der Waals surface area contributed by atoms with E-state index in [2.05, 4.69) is 4.98 Å². The molecule has 0 amide bonds. The van der Waals surface area contributed by atoms with Crippen LogP contribution < -0.4 is 10.5 Å². The average Bonchev–Trinajstić information content (AvgIpc) is 2.60. The number of fused-ring (bicyclic) bond motifs is 1. The molecule has 0 saturated heterocycles. The third-order valence-corrected chi connectivity index (χ3v) is 4.28. The summed E-state index contributed by atoms with van der Waals surface area (Å²) in [5.74, 6) is 0.217. The van der Waals surface area contributed by atoms with Gasteiger partial charge in [0.05, 0.1) is 23.9 Å². The van der Waals surface area contributed by atoms with Gasteiger partial charge in [0.25, 0.3) is 0 Å². The minimum atomic E-state index is -4.67. The fourth-order valence-electron chi connectivity index (χ4n) is 3.02. The van der Waals surface area contributed by atoms with Crippen LogP contribution in [-0.2, 0) is 12.4 Å². The predicted molar refractivity (Wildman–Crippen MR) is 92.9 cm³/mol. The Morgan fingerprint density at radius 2 is 1.54 bits per heavy atom. The van der Waals surface area contributed by atoms with Crippen LogP contribution in [0, 0.1) is 6.92 Å². The van der Waals surface area contributed by atoms with Crippen LogP contribution in [0.1, 0.15) is 16.8 Å². The smallest absolute Gasteiger partial charge is 0.433 e. The first-order chi connectivity index (χ1) is 12.9. The Morgan fingerprint density at radius 1 is 0.929 bits per heavy atom. The van der Waals surface area contributed by atoms with Crippen LogP contribution in [0.5, 0.6) is 5.75 Å². The van der Waals surface area contributed by atoms with Gasteiger partial charge in [-0.25, -0.2) is 4.98 Å². The molecule has 28 heavy (non-hydrogen) atoms. The minimum absolute atomic E-state index is 0.0308. The number of aromatic nitrogens is 1. The van der Waals surface area contributed by atoms with Crippen LogP contribution in [-0.4, -0.2) is 12.1 Å². The lowest BCUT2D eigenvalue weighted by molar-refractivity contribution is -0.141. The van der Waals surface area contributed by atoms with Crippen LogP contribution >= 0.6 is 0 Å². The van der Waals surface area contributed by atoms with Crippen LogP contribution in [0.2, 0.25) is 0 Å². The van der Waals surface area contributed by atoms with Crippen molar-refractivity contribution in [2.24, 2.45) is 0 Å². The Hall–Kier alpha value is -2.97. The molecule has 9 heteroatoms. The summed E-state index contributed by atoms with van der Waals surface area (Å²) in [6.45, 7) is 1.45. The monoisotopic (exact) mass is 400 g/mol. The van der Waals surface area contributed by atoms with Crippen LogP contribution in [0.15, 0.2) is 36.4 Å². The van der Waals surface area contributed by atoms with Crippen molar-refractivity contribution in [2.45, 2.75) is 19.3 Å². The molecule has 0 atom stereocenters. The zero-order chi connectivity index (χ0) is 20.9. The summed E-state index contributed by atoms with van der Waals surface area (Å²) in [4.78, 5) is 3.64. The van der Waals surface area contributed by atoms with Crippen molar-refractivity contribution in [3.05, 3.63) is 53.2 Å². The standard InChI is InChI=1S/C19H14F6N2O/c1-9-7-14(19(23,24)25)27-17-12(26)8-13(28-2)16(15(9)17)10-3-5-11(6-4-10)18(20,21)22/h3-8H,26H2,1-2H3. The maximum absolute atomic E-state index is 13.1.